The van der Waals surface area contributed by atoms with Crippen LogP contribution in [0.2, 0.25) is 5.02 Å². The molecule has 206 valence electrons. The van der Waals surface area contributed by atoms with Crippen LogP contribution < -0.4 is 4.90 Å². The van der Waals surface area contributed by atoms with Crippen molar-refractivity contribution >= 4 is 46.8 Å². The van der Waals surface area contributed by atoms with Crippen molar-refractivity contribution in [1.82, 2.24) is 9.80 Å². The normalized spacial score (nSPS) is 29.3. The third-order valence-corrected chi connectivity index (χ3v) is 10.7. The van der Waals surface area contributed by atoms with Crippen LogP contribution in [0, 0.1) is 17.8 Å². The summed E-state index contributed by atoms with van der Waals surface area (Å²) in [6, 6.07) is 6.48. The van der Waals surface area contributed by atoms with Gasteiger partial charge in [0.2, 0.25) is 11.8 Å². The molecule has 1 spiro atoms. The fourth-order valence-corrected chi connectivity index (χ4v) is 9.33. The third-order valence-electron chi connectivity index (χ3n) is 8.32. The third kappa shape index (κ3) is 4.69. The van der Waals surface area contributed by atoms with E-state index in [0.717, 1.165) is 12.8 Å². The Morgan fingerprint density at radius 1 is 1.18 bits per heavy atom. The Morgan fingerprint density at radius 3 is 2.55 bits per heavy atom. The van der Waals surface area contributed by atoms with Crippen LogP contribution in [-0.2, 0) is 14.4 Å². The van der Waals surface area contributed by atoms with Crippen LogP contribution in [0.15, 0.2) is 49.6 Å². The largest absolute Gasteiger partial charge is 0.396 e. The number of para-hydroxylation sites is 1. The Kier molecular flexibility index (Phi) is 8.95. The number of likely N-dealkylation sites (N-methyl/N-ethyl adjacent to an activating group) is 1. The standard InChI is InChI=1S/C29H38ClN3O4S/c1-5-14-31(4)26(35)23-22-18-19(3)29(38-22)24(23)27(36)33(16-10-7-11-17-34)25(29)28(37)32(15-6-2)21-13-9-8-12-20(21)30/h5-6,8-9,12-13,19,22-25,34H,1-2,7,10-11,14-18H2,3-4H3/t19?,22-,23+,24+,25?,29?/m1/s1. The quantitative estimate of drug-likeness (QED) is 0.309. The Labute approximate surface area is 234 Å². The minimum absolute atomic E-state index is 0.0151. The van der Waals surface area contributed by atoms with Crippen molar-refractivity contribution in [3.8, 4) is 0 Å². The maximum atomic E-state index is 14.6. The summed E-state index contributed by atoms with van der Waals surface area (Å²) in [5, 5.41) is 9.70. The molecule has 3 heterocycles. The highest BCUT2D eigenvalue weighted by Gasteiger charge is 2.76. The number of thioether (sulfide) groups is 1. The van der Waals surface area contributed by atoms with Gasteiger partial charge in [0.05, 0.1) is 27.3 Å². The lowest BCUT2D eigenvalue weighted by Crippen LogP contribution is -2.57. The van der Waals surface area contributed by atoms with Gasteiger partial charge in [-0.3, -0.25) is 14.4 Å². The molecule has 38 heavy (non-hydrogen) atoms. The van der Waals surface area contributed by atoms with Crippen molar-refractivity contribution in [3.05, 3.63) is 54.6 Å². The van der Waals surface area contributed by atoms with E-state index in [4.69, 9.17) is 11.6 Å². The molecule has 3 unspecified atom stereocenters. The highest BCUT2D eigenvalue weighted by atomic mass is 35.5. The molecule has 1 N–H and O–H groups in total. The van der Waals surface area contributed by atoms with E-state index in [1.807, 2.05) is 12.1 Å². The first-order chi connectivity index (χ1) is 18.2. The summed E-state index contributed by atoms with van der Waals surface area (Å²) in [5.74, 6) is -1.32. The summed E-state index contributed by atoms with van der Waals surface area (Å²) in [6.45, 7) is 10.9. The average Bonchev–Trinajstić information content (AvgIpc) is 3.49. The first kappa shape index (κ1) is 28.7. The van der Waals surface area contributed by atoms with Gasteiger partial charge in [0.1, 0.15) is 6.04 Å². The van der Waals surface area contributed by atoms with Gasteiger partial charge in [0, 0.05) is 38.5 Å². The van der Waals surface area contributed by atoms with Gasteiger partial charge < -0.3 is 19.8 Å². The fourth-order valence-electron chi connectivity index (χ4n) is 6.68. The molecule has 6 atom stereocenters. The molecule has 9 heteroatoms. The molecule has 1 aromatic carbocycles. The number of unbranched alkanes of at least 4 members (excludes halogenated alkanes) is 2. The van der Waals surface area contributed by atoms with Gasteiger partial charge in [-0.05, 0) is 43.7 Å². The molecule has 1 aromatic rings. The lowest BCUT2D eigenvalue weighted by molar-refractivity contribution is -0.143. The van der Waals surface area contributed by atoms with Crippen molar-refractivity contribution in [2.24, 2.45) is 17.8 Å². The number of likely N-dealkylation sites (tertiary alicyclic amines) is 1. The van der Waals surface area contributed by atoms with Gasteiger partial charge in [-0.1, -0.05) is 42.8 Å². The number of hydrogen-bond donors (Lipinski definition) is 1. The molecular weight excluding hydrogens is 522 g/mol. The highest BCUT2D eigenvalue weighted by molar-refractivity contribution is 8.02. The van der Waals surface area contributed by atoms with E-state index in [-0.39, 0.29) is 42.0 Å². The molecule has 7 nitrogen and oxygen atoms in total. The zero-order valence-electron chi connectivity index (χ0n) is 22.2. The lowest BCUT2D eigenvalue weighted by atomic mass is 9.65. The van der Waals surface area contributed by atoms with Crippen molar-refractivity contribution in [3.63, 3.8) is 0 Å². The maximum Gasteiger partial charge on any atom is 0.251 e. The number of hydrogen-bond acceptors (Lipinski definition) is 5. The predicted octanol–water partition coefficient (Wildman–Crippen LogP) is 4.00. The zero-order valence-corrected chi connectivity index (χ0v) is 23.8. The Balaban J connectivity index is 1.78. The van der Waals surface area contributed by atoms with Crippen molar-refractivity contribution in [1.29, 1.82) is 0 Å². The molecule has 3 aliphatic heterocycles. The number of amides is 3. The van der Waals surface area contributed by atoms with E-state index in [1.54, 1.807) is 57.8 Å². The molecule has 3 amide bonds. The maximum absolute atomic E-state index is 14.6. The number of aliphatic hydroxyl groups is 1. The fraction of sp³-hybridized carbons (Fsp3) is 0.552. The topological polar surface area (TPSA) is 81.2 Å². The van der Waals surface area contributed by atoms with Gasteiger partial charge in [-0.25, -0.2) is 0 Å². The molecule has 0 radical (unpaired) electrons. The lowest BCUT2D eigenvalue weighted by Gasteiger charge is -2.41. The van der Waals surface area contributed by atoms with Crippen LogP contribution >= 0.6 is 23.4 Å². The van der Waals surface area contributed by atoms with Crippen molar-refractivity contribution in [2.75, 3.05) is 38.2 Å². The van der Waals surface area contributed by atoms with Crippen molar-refractivity contribution < 1.29 is 19.5 Å². The number of fused-ring (bicyclic) bond motifs is 1. The van der Waals surface area contributed by atoms with Crippen LogP contribution in [0.3, 0.4) is 0 Å². The summed E-state index contributed by atoms with van der Waals surface area (Å²) in [7, 11) is 1.74. The molecule has 3 aliphatic rings. The van der Waals surface area contributed by atoms with E-state index in [9.17, 15) is 19.5 Å². The van der Waals surface area contributed by atoms with Gasteiger partial charge in [0.15, 0.2) is 0 Å². The summed E-state index contributed by atoms with van der Waals surface area (Å²) >= 11 is 8.21. The van der Waals surface area contributed by atoms with Gasteiger partial charge in [-0.2, -0.15) is 0 Å². The van der Waals surface area contributed by atoms with E-state index < -0.39 is 22.6 Å². The second kappa shape index (κ2) is 11.8. The van der Waals surface area contributed by atoms with E-state index in [2.05, 4.69) is 20.1 Å². The number of anilines is 1. The molecular formula is C29H38ClN3O4S. The molecule has 2 bridgehead atoms. The summed E-state index contributed by atoms with van der Waals surface area (Å²) < 4.78 is -0.703. The number of halogens is 1. The minimum Gasteiger partial charge on any atom is -0.396 e. The number of carbonyl (C=O) groups is 3. The molecule has 0 aliphatic carbocycles. The van der Waals surface area contributed by atoms with Crippen LogP contribution in [-0.4, -0.2) is 82.0 Å². The smallest absolute Gasteiger partial charge is 0.251 e. The summed E-state index contributed by atoms with van der Waals surface area (Å²) in [5.41, 5.74) is 0.579. The van der Waals surface area contributed by atoms with E-state index in [0.29, 0.717) is 36.6 Å². The monoisotopic (exact) mass is 559 g/mol. The second-order valence-electron chi connectivity index (χ2n) is 10.6. The summed E-state index contributed by atoms with van der Waals surface area (Å²) in [4.78, 5) is 47.5. The first-order valence-corrected chi connectivity index (χ1v) is 14.6. The van der Waals surface area contributed by atoms with Crippen LogP contribution in [0.1, 0.15) is 32.6 Å². The number of carbonyl (C=O) groups excluding carboxylic acids is 3. The molecule has 4 rings (SSSR count). The number of aliphatic hydroxyl groups excluding tert-OH is 1. The van der Waals surface area contributed by atoms with Gasteiger partial charge in [-0.15, -0.1) is 24.9 Å². The second-order valence-corrected chi connectivity index (χ2v) is 12.5. The van der Waals surface area contributed by atoms with Crippen LogP contribution in [0.4, 0.5) is 5.69 Å². The molecule has 3 fully saturated rings. The average molecular weight is 560 g/mol. The predicted molar refractivity (Wildman–Crippen MR) is 153 cm³/mol. The molecule has 0 saturated carbocycles. The number of benzene rings is 1. The zero-order chi connectivity index (χ0) is 27.6. The Hall–Kier alpha value is -2.29. The first-order valence-electron chi connectivity index (χ1n) is 13.4. The van der Waals surface area contributed by atoms with Gasteiger partial charge >= 0.3 is 0 Å². The highest BCUT2D eigenvalue weighted by Crippen LogP contribution is 2.69. The molecule has 0 aromatic heterocycles. The number of nitrogens with zero attached hydrogens (tertiary/aromatic N) is 3. The Bertz CT molecular complexity index is 1100. The van der Waals surface area contributed by atoms with Crippen LogP contribution in [0.25, 0.3) is 0 Å². The van der Waals surface area contributed by atoms with Gasteiger partial charge in [0.25, 0.3) is 5.91 Å². The number of rotatable bonds is 12. The molecule has 3 saturated heterocycles. The van der Waals surface area contributed by atoms with E-state index in [1.165, 1.54) is 0 Å². The van der Waals surface area contributed by atoms with Crippen molar-refractivity contribution in [2.45, 2.75) is 48.6 Å². The summed E-state index contributed by atoms with van der Waals surface area (Å²) in [6.07, 6.45) is 6.18. The SMILES string of the molecule is C=CCN(C)C(=O)[C@@H]1[C@H]2C(=O)N(CCCCCO)C(C(=O)N(CC=C)c3ccccc3Cl)C23S[C@@H]1CC3C. The minimum atomic E-state index is -0.724. The Morgan fingerprint density at radius 2 is 1.89 bits per heavy atom. The van der Waals surface area contributed by atoms with Crippen LogP contribution in [0.5, 0.6) is 0 Å². The van der Waals surface area contributed by atoms with E-state index >= 15 is 0 Å².